The van der Waals surface area contributed by atoms with Crippen LogP contribution in [0, 0.1) is 0 Å². The van der Waals surface area contributed by atoms with Gasteiger partial charge in [0, 0.05) is 11.9 Å². The molecule has 0 saturated carbocycles. The fraction of sp³-hybridized carbons (Fsp3) is 0.200. The fourth-order valence-corrected chi connectivity index (χ4v) is 2.08. The van der Waals surface area contributed by atoms with E-state index < -0.39 is 0 Å². The first-order chi connectivity index (χ1) is 10.2. The Morgan fingerprint density at radius 1 is 1.29 bits per heavy atom. The Hall–Kier alpha value is -2.76. The largest absolute Gasteiger partial charge is 0.409 e. The SMILES string of the molecule is CCN(CC(N)=NO)C(=O)Nc1cccc2ccccc12. The molecule has 2 amide bonds. The summed E-state index contributed by atoms with van der Waals surface area (Å²) in [6, 6.07) is 13.2. The highest BCUT2D eigenvalue weighted by molar-refractivity contribution is 6.02. The minimum atomic E-state index is -0.291. The van der Waals surface area contributed by atoms with Crippen molar-refractivity contribution in [2.45, 2.75) is 6.92 Å². The van der Waals surface area contributed by atoms with Crippen LogP contribution in [0.2, 0.25) is 0 Å². The van der Waals surface area contributed by atoms with Gasteiger partial charge in [-0.25, -0.2) is 4.79 Å². The summed E-state index contributed by atoms with van der Waals surface area (Å²) >= 11 is 0. The third-order valence-electron chi connectivity index (χ3n) is 3.18. The maximum atomic E-state index is 12.3. The number of amides is 2. The van der Waals surface area contributed by atoms with Crippen LogP contribution in [-0.2, 0) is 0 Å². The average molecular weight is 286 g/mol. The van der Waals surface area contributed by atoms with Crippen molar-refractivity contribution in [2.75, 3.05) is 18.4 Å². The first kappa shape index (κ1) is 14.6. The number of rotatable bonds is 4. The van der Waals surface area contributed by atoms with Crippen molar-refractivity contribution in [3.8, 4) is 0 Å². The second-order valence-corrected chi connectivity index (χ2v) is 4.56. The molecule has 0 bridgehead atoms. The molecule has 0 spiro atoms. The fourth-order valence-electron chi connectivity index (χ4n) is 2.08. The molecule has 0 aromatic heterocycles. The summed E-state index contributed by atoms with van der Waals surface area (Å²) < 4.78 is 0. The first-order valence-electron chi connectivity index (χ1n) is 6.65. The summed E-state index contributed by atoms with van der Waals surface area (Å²) in [5.74, 6) is -0.00933. The zero-order valence-corrected chi connectivity index (χ0v) is 11.8. The molecule has 0 fully saturated rings. The van der Waals surface area contributed by atoms with Crippen molar-refractivity contribution in [1.29, 1.82) is 0 Å². The highest BCUT2D eigenvalue weighted by Crippen LogP contribution is 2.23. The molecule has 6 heteroatoms. The number of urea groups is 1. The number of hydrogen-bond acceptors (Lipinski definition) is 3. The molecule has 0 radical (unpaired) electrons. The van der Waals surface area contributed by atoms with E-state index in [0.29, 0.717) is 6.54 Å². The number of benzene rings is 2. The monoisotopic (exact) mass is 286 g/mol. The second-order valence-electron chi connectivity index (χ2n) is 4.56. The van der Waals surface area contributed by atoms with Crippen LogP contribution in [0.5, 0.6) is 0 Å². The standard InChI is InChI=1S/C15H18N4O2/c1-2-19(10-14(16)18-21)15(20)17-13-9-5-7-11-6-3-4-8-12(11)13/h3-9,21H,2,10H2,1H3,(H2,16,18)(H,17,20). The van der Waals surface area contributed by atoms with Gasteiger partial charge in [-0.1, -0.05) is 41.6 Å². The van der Waals surface area contributed by atoms with Gasteiger partial charge in [0.15, 0.2) is 5.84 Å². The maximum absolute atomic E-state index is 12.3. The summed E-state index contributed by atoms with van der Waals surface area (Å²) in [5, 5.41) is 16.4. The number of amidine groups is 1. The van der Waals surface area contributed by atoms with E-state index in [9.17, 15) is 4.79 Å². The van der Waals surface area contributed by atoms with Gasteiger partial charge in [0.25, 0.3) is 0 Å². The van der Waals surface area contributed by atoms with E-state index in [0.717, 1.165) is 16.5 Å². The molecule has 0 saturated heterocycles. The number of anilines is 1. The van der Waals surface area contributed by atoms with E-state index in [1.807, 2.05) is 49.4 Å². The van der Waals surface area contributed by atoms with Crippen molar-refractivity contribution >= 4 is 28.3 Å². The molecule has 2 rings (SSSR count). The smallest absolute Gasteiger partial charge is 0.322 e. The van der Waals surface area contributed by atoms with Crippen LogP contribution < -0.4 is 11.1 Å². The summed E-state index contributed by atoms with van der Waals surface area (Å²) in [6.07, 6.45) is 0. The Morgan fingerprint density at radius 3 is 2.71 bits per heavy atom. The van der Waals surface area contributed by atoms with Crippen molar-refractivity contribution < 1.29 is 10.0 Å². The highest BCUT2D eigenvalue weighted by atomic mass is 16.4. The van der Waals surface area contributed by atoms with Crippen molar-refractivity contribution in [1.82, 2.24) is 4.90 Å². The lowest BCUT2D eigenvalue weighted by Gasteiger charge is -2.21. The Morgan fingerprint density at radius 2 is 2.00 bits per heavy atom. The summed E-state index contributed by atoms with van der Waals surface area (Å²) in [7, 11) is 0. The van der Waals surface area contributed by atoms with Crippen molar-refractivity contribution in [3.63, 3.8) is 0 Å². The van der Waals surface area contributed by atoms with Gasteiger partial charge in [-0.3, -0.25) is 0 Å². The van der Waals surface area contributed by atoms with E-state index in [1.54, 1.807) is 0 Å². The van der Waals surface area contributed by atoms with Gasteiger partial charge in [0.1, 0.15) is 0 Å². The topological polar surface area (TPSA) is 90.9 Å². The number of oxime groups is 1. The van der Waals surface area contributed by atoms with Crippen LogP contribution in [-0.4, -0.2) is 35.1 Å². The number of likely N-dealkylation sites (N-methyl/N-ethyl adjacent to an activating group) is 1. The lowest BCUT2D eigenvalue weighted by Crippen LogP contribution is -2.40. The Labute approximate surface area is 122 Å². The molecular weight excluding hydrogens is 268 g/mol. The molecule has 110 valence electrons. The van der Waals surface area contributed by atoms with E-state index in [1.165, 1.54) is 4.90 Å². The average Bonchev–Trinajstić information content (AvgIpc) is 2.52. The number of nitrogens with zero attached hydrogens (tertiary/aromatic N) is 2. The number of nitrogens with two attached hydrogens (primary N) is 1. The molecule has 0 unspecified atom stereocenters. The second kappa shape index (κ2) is 6.60. The zero-order valence-electron chi connectivity index (χ0n) is 11.8. The van der Waals surface area contributed by atoms with Gasteiger partial charge in [-0.2, -0.15) is 0 Å². The maximum Gasteiger partial charge on any atom is 0.322 e. The quantitative estimate of drug-likeness (QED) is 0.349. The van der Waals surface area contributed by atoms with Crippen LogP contribution in [0.3, 0.4) is 0 Å². The molecule has 6 nitrogen and oxygen atoms in total. The van der Waals surface area contributed by atoms with Crippen LogP contribution in [0.25, 0.3) is 10.8 Å². The first-order valence-corrected chi connectivity index (χ1v) is 6.65. The van der Waals surface area contributed by atoms with Gasteiger partial charge in [0.05, 0.1) is 12.2 Å². The van der Waals surface area contributed by atoms with Crippen LogP contribution in [0.1, 0.15) is 6.92 Å². The molecule has 0 heterocycles. The summed E-state index contributed by atoms with van der Waals surface area (Å²) in [4.78, 5) is 13.7. The molecule has 0 aliphatic heterocycles. The molecule has 0 aliphatic carbocycles. The number of carbonyl (C=O) groups is 1. The Bertz CT molecular complexity index is 664. The number of fused-ring (bicyclic) bond motifs is 1. The highest BCUT2D eigenvalue weighted by Gasteiger charge is 2.14. The van der Waals surface area contributed by atoms with Crippen molar-refractivity contribution in [3.05, 3.63) is 42.5 Å². The van der Waals surface area contributed by atoms with Gasteiger partial charge >= 0.3 is 6.03 Å². The molecule has 4 N–H and O–H groups in total. The Balaban J connectivity index is 2.21. The molecule has 0 aliphatic rings. The minimum absolute atomic E-state index is 0.00933. The van der Waals surface area contributed by atoms with Crippen LogP contribution in [0.4, 0.5) is 10.5 Å². The van der Waals surface area contributed by atoms with Gasteiger partial charge in [-0.05, 0) is 18.4 Å². The van der Waals surface area contributed by atoms with Crippen LogP contribution in [0.15, 0.2) is 47.6 Å². The molecule has 2 aromatic carbocycles. The van der Waals surface area contributed by atoms with Gasteiger partial charge in [0.2, 0.25) is 0 Å². The normalized spacial score (nSPS) is 11.4. The van der Waals surface area contributed by atoms with E-state index in [4.69, 9.17) is 10.9 Å². The lowest BCUT2D eigenvalue weighted by molar-refractivity contribution is 0.220. The number of nitrogens with one attached hydrogen (secondary N) is 1. The summed E-state index contributed by atoms with van der Waals surface area (Å²) in [5.41, 5.74) is 6.18. The third kappa shape index (κ3) is 3.42. The molecule has 21 heavy (non-hydrogen) atoms. The van der Waals surface area contributed by atoms with E-state index in [2.05, 4.69) is 10.5 Å². The zero-order chi connectivity index (χ0) is 15.2. The predicted octanol–water partition coefficient (Wildman–Crippen LogP) is 2.44. The van der Waals surface area contributed by atoms with Crippen LogP contribution >= 0.6 is 0 Å². The summed E-state index contributed by atoms with van der Waals surface area (Å²) in [6.45, 7) is 2.35. The van der Waals surface area contributed by atoms with E-state index >= 15 is 0 Å². The molecule has 2 aromatic rings. The minimum Gasteiger partial charge on any atom is -0.409 e. The Kier molecular flexibility index (Phi) is 4.61. The van der Waals surface area contributed by atoms with E-state index in [-0.39, 0.29) is 18.4 Å². The van der Waals surface area contributed by atoms with Crippen molar-refractivity contribution in [2.24, 2.45) is 10.9 Å². The van der Waals surface area contributed by atoms with Gasteiger partial charge < -0.3 is 21.2 Å². The number of hydrogen-bond donors (Lipinski definition) is 3. The number of carbonyl (C=O) groups excluding carboxylic acids is 1. The third-order valence-corrected chi connectivity index (χ3v) is 3.18. The predicted molar refractivity (Wildman–Crippen MR) is 83.6 cm³/mol. The van der Waals surface area contributed by atoms with Gasteiger partial charge in [-0.15, -0.1) is 0 Å². The molecular formula is C15H18N4O2. The molecule has 0 atom stereocenters. The lowest BCUT2D eigenvalue weighted by atomic mass is 10.1.